The third-order valence-corrected chi connectivity index (χ3v) is 15.8. The number of carbonyl (C=O) groups is 1. The fourth-order valence-corrected chi connectivity index (χ4v) is 11.8. The number of methoxy groups -OCH3 is 2. The Morgan fingerprint density at radius 2 is 1.10 bits per heavy atom. The SMILES string of the molecule is COC1(c2cc(S(=O)(=O)NC(=O)Nc3c4c(cc5c3CCC5)CCC4)nn2C)CCC1.COC1(c2cc(S(N)(=O)=O)nn2C)CCC1.O=C=Nc1c2c(cc3c1CCC3)CCC2. The molecule has 6 aliphatic rings. The summed E-state index contributed by atoms with van der Waals surface area (Å²) in [5.41, 5.74) is 12.7. The molecule has 0 atom stereocenters. The molecule has 2 aromatic carbocycles. The Bertz CT molecular complexity index is 2620. The predicted molar refractivity (Wildman–Crippen MR) is 231 cm³/mol. The molecule has 2 fully saturated rings. The van der Waals surface area contributed by atoms with Crippen LogP contribution in [0, 0.1) is 0 Å². The van der Waals surface area contributed by atoms with Gasteiger partial charge in [-0.2, -0.15) is 23.6 Å². The van der Waals surface area contributed by atoms with Gasteiger partial charge in [0.25, 0.3) is 20.0 Å². The lowest BCUT2D eigenvalue weighted by molar-refractivity contribution is -0.0837. The van der Waals surface area contributed by atoms with Crippen molar-refractivity contribution in [1.82, 2.24) is 24.3 Å². The van der Waals surface area contributed by atoms with Crippen molar-refractivity contribution in [3.8, 4) is 0 Å². The molecule has 0 aliphatic heterocycles. The molecule has 0 spiro atoms. The molecule has 2 amide bonds. The average Bonchev–Trinajstić information content (AvgIpc) is 4.04. The number of amides is 2. The van der Waals surface area contributed by atoms with Crippen molar-refractivity contribution >= 4 is 43.5 Å². The second-order valence-electron chi connectivity index (χ2n) is 17.3. The summed E-state index contributed by atoms with van der Waals surface area (Å²) in [6.45, 7) is 0. The number of carbonyl (C=O) groups excluding carboxylic acids is 2. The number of urea groups is 1. The number of nitrogens with two attached hydrogens (primary N) is 1. The minimum Gasteiger partial charge on any atom is -0.372 e. The van der Waals surface area contributed by atoms with Crippen LogP contribution in [0.2, 0.25) is 0 Å². The molecule has 6 aliphatic carbocycles. The van der Waals surface area contributed by atoms with E-state index in [1.165, 1.54) is 67.7 Å². The van der Waals surface area contributed by atoms with Crippen LogP contribution >= 0.6 is 0 Å². The highest BCUT2D eigenvalue weighted by Gasteiger charge is 2.43. The molecular weight excluding hydrogens is 833 g/mol. The second-order valence-corrected chi connectivity index (χ2v) is 20.5. The Labute approximate surface area is 363 Å². The molecule has 16 nitrogen and oxygen atoms in total. The van der Waals surface area contributed by atoms with Gasteiger partial charge in [-0.1, -0.05) is 12.1 Å². The van der Waals surface area contributed by atoms with Gasteiger partial charge in [-0.05, 0) is 160 Å². The van der Waals surface area contributed by atoms with Gasteiger partial charge in [0.1, 0.15) is 11.2 Å². The third-order valence-electron chi connectivity index (χ3n) is 13.9. The number of hydrogen-bond acceptors (Lipinski definition) is 11. The van der Waals surface area contributed by atoms with Crippen LogP contribution in [0.3, 0.4) is 0 Å². The number of sulfonamides is 2. The number of hydrogen-bond donors (Lipinski definition) is 3. The lowest BCUT2D eigenvalue weighted by atomic mass is 9.77. The van der Waals surface area contributed by atoms with E-state index in [2.05, 4.69) is 37.4 Å². The molecule has 4 N–H and O–H groups in total. The first-order chi connectivity index (χ1) is 29.6. The van der Waals surface area contributed by atoms with Crippen molar-refractivity contribution < 1.29 is 35.9 Å². The van der Waals surface area contributed by atoms with Gasteiger partial charge in [-0.3, -0.25) is 9.36 Å². The number of aryl methyl sites for hydroxylation is 6. The van der Waals surface area contributed by atoms with Crippen LogP contribution in [-0.4, -0.2) is 62.7 Å². The van der Waals surface area contributed by atoms with E-state index >= 15 is 0 Å². The maximum absolute atomic E-state index is 12.9. The zero-order valence-electron chi connectivity index (χ0n) is 35.9. The highest BCUT2D eigenvalue weighted by Crippen LogP contribution is 2.46. The zero-order chi connectivity index (χ0) is 44.0. The molecule has 332 valence electrons. The van der Waals surface area contributed by atoms with Crippen molar-refractivity contribution in [2.24, 2.45) is 24.2 Å². The molecule has 0 unspecified atom stereocenters. The van der Waals surface area contributed by atoms with Gasteiger partial charge >= 0.3 is 6.03 Å². The Morgan fingerprint density at radius 3 is 1.48 bits per heavy atom. The number of aromatic nitrogens is 4. The highest BCUT2D eigenvalue weighted by atomic mass is 32.2. The van der Waals surface area contributed by atoms with Gasteiger partial charge < -0.3 is 14.8 Å². The molecular formula is C44H56N8O8S2. The maximum Gasteiger partial charge on any atom is 0.333 e. The number of benzene rings is 2. The second kappa shape index (κ2) is 17.1. The van der Waals surface area contributed by atoms with E-state index in [0.29, 0.717) is 5.69 Å². The summed E-state index contributed by atoms with van der Waals surface area (Å²) in [4.78, 5) is 27.2. The van der Waals surface area contributed by atoms with Crippen molar-refractivity contribution in [3.05, 3.63) is 80.2 Å². The van der Waals surface area contributed by atoms with Crippen LogP contribution in [0.15, 0.2) is 39.3 Å². The number of ether oxygens (including phenoxy) is 2. The number of fused-ring (bicyclic) bond motifs is 4. The fraction of sp³-hybridized carbons (Fsp3) is 0.545. The molecule has 0 saturated heterocycles. The van der Waals surface area contributed by atoms with E-state index in [0.717, 1.165) is 131 Å². The lowest BCUT2D eigenvalue weighted by Gasteiger charge is -2.40. The van der Waals surface area contributed by atoms with Gasteiger partial charge in [-0.15, -0.1) is 0 Å². The molecule has 62 heavy (non-hydrogen) atoms. The summed E-state index contributed by atoms with van der Waals surface area (Å²) in [5, 5.41) is 15.7. The van der Waals surface area contributed by atoms with Crippen molar-refractivity contribution in [3.63, 3.8) is 0 Å². The minimum atomic E-state index is -4.11. The number of primary sulfonamides is 1. The first-order valence-corrected chi connectivity index (χ1v) is 24.6. The van der Waals surface area contributed by atoms with Crippen LogP contribution in [0.4, 0.5) is 16.2 Å². The molecule has 0 bridgehead atoms. The summed E-state index contributed by atoms with van der Waals surface area (Å²) in [7, 11) is -1.20. The number of nitrogens with one attached hydrogen (secondary N) is 2. The standard InChI is InChI=1S/C22H28N4O4S.C13H13NO.C9H15N3O3S/c1-26-18(22(30-2)10-5-11-22)13-19(24-26)31(28,29)25-21(27)23-20-16-8-3-6-14(16)12-15-7-4-9-17(15)20;15-8-14-13-11-5-1-3-9(11)7-10-4-2-6-12(10)13;1-12-7(9(15-2)4-3-5-9)6-8(11-12)16(10,13)14/h12-13H,3-11H2,1-2H3,(H2,23,25,27);7H,1-6H2;6H,3-5H2,1-2H3,(H2,10,13,14). The van der Waals surface area contributed by atoms with Crippen LogP contribution in [-0.2, 0) is 111 Å². The molecule has 0 radical (unpaired) electrons. The molecule has 2 saturated carbocycles. The predicted octanol–water partition coefficient (Wildman–Crippen LogP) is 5.66. The van der Waals surface area contributed by atoms with E-state index in [1.54, 1.807) is 34.4 Å². The van der Waals surface area contributed by atoms with E-state index in [-0.39, 0.29) is 15.7 Å². The molecule has 2 aromatic heterocycles. The van der Waals surface area contributed by atoms with Crippen molar-refractivity contribution in [2.75, 3.05) is 19.5 Å². The summed E-state index contributed by atoms with van der Waals surface area (Å²) < 4.78 is 64.5. The van der Waals surface area contributed by atoms with Crippen LogP contribution in [0.25, 0.3) is 0 Å². The Kier molecular flexibility index (Phi) is 12.1. The number of nitrogens with zero attached hydrogens (tertiary/aromatic N) is 5. The Morgan fingerprint density at radius 1 is 0.677 bits per heavy atom. The summed E-state index contributed by atoms with van der Waals surface area (Å²) >= 11 is 0. The van der Waals surface area contributed by atoms with E-state index in [4.69, 9.17) is 14.6 Å². The number of rotatable bonds is 9. The van der Waals surface area contributed by atoms with Crippen LogP contribution in [0.1, 0.15) is 120 Å². The van der Waals surface area contributed by atoms with Gasteiger partial charge in [-0.25, -0.2) is 27.9 Å². The van der Waals surface area contributed by atoms with Crippen LogP contribution in [0.5, 0.6) is 0 Å². The van der Waals surface area contributed by atoms with E-state index < -0.39 is 31.7 Å². The summed E-state index contributed by atoms with van der Waals surface area (Å²) in [6, 6.07) is 6.88. The fourth-order valence-electron chi connectivity index (χ4n) is 10.4. The average molecular weight is 889 g/mol. The van der Waals surface area contributed by atoms with Gasteiger partial charge in [0, 0.05) is 46.1 Å². The number of aliphatic imine (C=N–C) groups is 1. The van der Waals surface area contributed by atoms with Gasteiger partial charge in [0.05, 0.1) is 17.1 Å². The van der Waals surface area contributed by atoms with Gasteiger partial charge in [0.15, 0.2) is 10.1 Å². The normalized spacial score (nSPS) is 18.6. The molecule has 18 heteroatoms. The Hall–Kier alpha value is -4.71. The monoisotopic (exact) mass is 888 g/mol. The van der Waals surface area contributed by atoms with E-state index in [9.17, 15) is 26.4 Å². The largest absolute Gasteiger partial charge is 0.372 e. The molecule has 2 heterocycles. The zero-order valence-corrected chi connectivity index (χ0v) is 37.6. The quantitative estimate of drug-likeness (QED) is 0.138. The lowest BCUT2D eigenvalue weighted by Crippen LogP contribution is -2.38. The topological polar surface area (TPSA) is 219 Å². The van der Waals surface area contributed by atoms with Crippen molar-refractivity contribution in [1.29, 1.82) is 0 Å². The Balaban J connectivity index is 0.000000143. The highest BCUT2D eigenvalue weighted by molar-refractivity contribution is 7.90. The molecule has 10 rings (SSSR count). The first-order valence-electron chi connectivity index (χ1n) is 21.6. The smallest absolute Gasteiger partial charge is 0.333 e. The minimum absolute atomic E-state index is 0.103. The van der Waals surface area contributed by atoms with Crippen LogP contribution < -0.4 is 15.2 Å². The molecule has 4 aromatic rings. The van der Waals surface area contributed by atoms with Gasteiger partial charge in [0.2, 0.25) is 6.08 Å². The van der Waals surface area contributed by atoms with Crippen molar-refractivity contribution in [2.45, 2.75) is 137 Å². The number of isocyanates is 1. The third kappa shape index (κ3) is 8.16. The van der Waals surface area contributed by atoms with E-state index in [1.807, 2.05) is 0 Å². The summed E-state index contributed by atoms with van der Waals surface area (Å²) in [5.74, 6) is 0. The number of anilines is 1. The first kappa shape index (κ1) is 43.9. The summed E-state index contributed by atoms with van der Waals surface area (Å²) in [6.07, 6.45) is 20.1. The maximum atomic E-state index is 12.9.